The lowest BCUT2D eigenvalue weighted by molar-refractivity contribution is -0.146. The van der Waals surface area contributed by atoms with Gasteiger partial charge in [-0.25, -0.2) is 0 Å². The lowest BCUT2D eigenvalue weighted by Gasteiger charge is -2.35. The molecule has 2 saturated heterocycles. The lowest BCUT2D eigenvalue weighted by atomic mass is 10.2. The number of rotatable bonds is 4. The molecule has 6 heteroatoms. The van der Waals surface area contributed by atoms with Crippen molar-refractivity contribution < 1.29 is 19.1 Å². The summed E-state index contributed by atoms with van der Waals surface area (Å²) in [5, 5.41) is 0. The monoisotopic (exact) mass is 332 g/mol. The maximum absolute atomic E-state index is 12.3. The van der Waals surface area contributed by atoms with E-state index in [1.54, 1.807) is 9.80 Å². The quantitative estimate of drug-likeness (QED) is 0.832. The van der Waals surface area contributed by atoms with Crippen molar-refractivity contribution in [3.05, 3.63) is 29.8 Å². The van der Waals surface area contributed by atoms with Crippen molar-refractivity contribution in [2.45, 2.75) is 25.9 Å². The first-order valence-corrected chi connectivity index (χ1v) is 8.51. The highest BCUT2D eigenvalue weighted by molar-refractivity contribution is 5.82. The third kappa shape index (κ3) is 4.06. The Kier molecular flexibility index (Phi) is 5.35. The predicted molar refractivity (Wildman–Crippen MR) is 88.8 cm³/mol. The summed E-state index contributed by atoms with van der Waals surface area (Å²) in [7, 11) is 0. The van der Waals surface area contributed by atoms with Crippen LogP contribution in [0.5, 0.6) is 5.75 Å². The van der Waals surface area contributed by atoms with Crippen molar-refractivity contribution in [2.24, 2.45) is 0 Å². The topological polar surface area (TPSA) is 59.1 Å². The largest absolute Gasteiger partial charge is 0.484 e. The van der Waals surface area contributed by atoms with E-state index in [0.29, 0.717) is 38.5 Å². The normalized spacial score (nSPS) is 21.0. The van der Waals surface area contributed by atoms with Crippen LogP contribution in [0.3, 0.4) is 0 Å². The molecule has 6 nitrogen and oxygen atoms in total. The Balaban J connectivity index is 1.44. The Labute approximate surface area is 142 Å². The van der Waals surface area contributed by atoms with Crippen molar-refractivity contribution in [3.63, 3.8) is 0 Å². The van der Waals surface area contributed by atoms with Crippen LogP contribution >= 0.6 is 0 Å². The molecule has 2 amide bonds. The molecule has 1 atom stereocenters. The summed E-state index contributed by atoms with van der Waals surface area (Å²) in [5.74, 6) is 0.729. The molecule has 0 aromatic heterocycles. The molecule has 0 radical (unpaired) electrons. The third-order valence-corrected chi connectivity index (χ3v) is 4.50. The fourth-order valence-electron chi connectivity index (χ4n) is 3.09. The maximum atomic E-state index is 12.3. The smallest absolute Gasteiger partial charge is 0.260 e. The lowest BCUT2D eigenvalue weighted by Crippen LogP contribution is -2.53. The number of ether oxygens (including phenoxy) is 2. The molecule has 1 aromatic rings. The number of aryl methyl sites for hydroxylation is 1. The summed E-state index contributed by atoms with van der Waals surface area (Å²) in [6, 6.07) is 7.65. The summed E-state index contributed by atoms with van der Waals surface area (Å²) >= 11 is 0. The van der Waals surface area contributed by atoms with Crippen molar-refractivity contribution >= 4 is 11.8 Å². The summed E-state index contributed by atoms with van der Waals surface area (Å²) in [6.45, 7) is 4.92. The van der Waals surface area contributed by atoms with E-state index in [-0.39, 0.29) is 24.5 Å². The second-order valence-corrected chi connectivity index (χ2v) is 6.31. The molecule has 2 aliphatic rings. The van der Waals surface area contributed by atoms with Gasteiger partial charge in [0.25, 0.3) is 11.8 Å². The molecule has 0 N–H and O–H groups in total. The molecule has 2 heterocycles. The molecule has 2 fully saturated rings. The van der Waals surface area contributed by atoms with Crippen molar-refractivity contribution in [1.29, 1.82) is 0 Å². The van der Waals surface area contributed by atoms with Gasteiger partial charge in [0.1, 0.15) is 11.9 Å². The van der Waals surface area contributed by atoms with Gasteiger partial charge in [-0.15, -0.1) is 0 Å². The number of hydrogen-bond acceptors (Lipinski definition) is 4. The van der Waals surface area contributed by atoms with E-state index in [0.717, 1.165) is 18.4 Å². The average Bonchev–Trinajstić information content (AvgIpc) is 3.14. The number of carbonyl (C=O) groups excluding carboxylic acids is 2. The van der Waals surface area contributed by atoms with Crippen LogP contribution in [0.25, 0.3) is 0 Å². The molecule has 3 rings (SSSR count). The molecule has 0 bridgehead atoms. The summed E-state index contributed by atoms with van der Waals surface area (Å²) < 4.78 is 11.0. The van der Waals surface area contributed by atoms with E-state index in [2.05, 4.69) is 0 Å². The average molecular weight is 332 g/mol. The number of carbonyl (C=O) groups is 2. The van der Waals surface area contributed by atoms with E-state index in [1.807, 2.05) is 31.2 Å². The summed E-state index contributed by atoms with van der Waals surface area (Å²) in [6.07, 6.45) is 1.48. The van der Waals surface area contributed by atoms with E-state index in [1.165, 1.54) is 0 Å². The van der Waals surface area contributed by atoms with Crippen molar-refractivity contribution in [2.75, 3.05) is 39.4 Å². The number of amides is 2. The van der Waals surface area contributed by atoms with Gasteiger partial charge in [0, 0.05) is 32.8 Å². The first kappa shape index (κ1) is 16.8. The van der Waals surface area contributed by atoms with E-state index in [9.17, 15) is 9.59 Å². The molecule has 1 unspecified atom stereocenters. The van der Waals surface area contributed by atoms with Crippen LogP contribution in [0.1, 0.15) is 18.4 Å². The van der Waals surface area contributed by atoms with Crippen LogP contribution in [-0.2, 0) is 14.3 Å². The van der Waals surface area contributed by atoms with Gasteiger partial charge in [-0.05, 0) is 37.5 Å². The van der Waals surface area contributed by atoms with Gasteiger partial charge in [0.2, 0.25) is 0 Å². The van der Waals surface area contributed by atoms with Gasteiger partial charge in [0.15, 0.2) is 6.61 Å². The zero-order valence-electron chi connectivity index (χ0n) is 14.1. The minimum absolute atomic E-state index is 0.0309. The Bertz CT molecular complexity index is 590. The highest BCUT2D eigenvalue weighted by Crippen LogP contribution is 2.16. The van der Waals surface area contributed by atoms with Crippen molar-refractivity contribution in [3.8, 4) is 5.75 Å². The number of benzene rings is 1. The first-order valence-electron chi connectivity index (χ1n) is 8.51. The van der Waals surface area contributed by atoms with Crippen LogP contribution in [-0.4, -0.2) is 67.1 Å². The van der Waals surface area contributed by atoms with Crippen LogP contribution in [0.15, 0.2) is 24.3 Å². The molecule has 0 spiro atoms. The minimum atomic E-state index is -0.281. The highest BCUT2D eigenvalue weighted by atomic mass is 16.5. The summed E-state index contributed by atoms with van der Waals surface area (Å²) in [5.41, 5.74) is 1.10. The maximum Gasteiger partial charge on any atom is 0.260 e. The highest BCUT2D eigenvalue weighted by Gasteiger charge is 2.31. The second-order valence-electron chi connectivity index (χ2n) is 6.31. The molecule has 130 valence electrons. The molecular weight excluding hydrogens is 308 g/mol. The van der Waals surface area contributed by atoms with E-state index < -0.39 is 0 Å². The van der Waals surface area contributed by atoms with Crippen molar-refractivity contribution in [1.82, 2.24) is 9.80 Å². The van der Waals surface area contributed by atoms with Gasteiger partial charge >= 0.3 is 0 Å². The number of piperazine rings is 1. The fraction of sp³-hybridized carbons (Fsp3) is 0.556. The fourth-order valence-corrected chi connectivity index (χ4v) is 3.09. The Morgan fingerprint density at radius 1 is 1.21 bits per heavy atom. The number of hydrogen-bond donors (Lipinski definition) is 0. The SMILES string of the molecule is Cc1cccc(OCC(=O)N2CCN(C(=O)C3CCCO3)CC2)c1. The molecule has 0 saturated carbocycles. The zero-order valence-corrected chi connectivity index (χ0v) is 14.1. The van der Waals surface area contributed by atoms with Gasteiger partial charge in [-0.2, -0.15) is 0 Å². The second kappa shape index (κ2) is 7.66. The van der Waals surface area contributed by atoms with Crippen LogP contribution in [0.2, 0.25) is 0 Å². The van der Waals surface area contributed by atoms with Gasteiger partial charge < -0.3 is 19.3 Å². The zero-order chi connectivity index (χ0) is 16.9. The first-order chi connectivity index (χ1) is 11.6. The van der Waals surface area contributed by atoms with Gasteiger partial charge in [-0.3, -0.25) is 9.59 Å². The Hall–Kier alpha value is -2.08. The van der Waals surface area contributed by atoms with E-state index in [4.69, 9.17) is 9.47 Å². The molecular formula is C18H24N2O4. The van der Waals surface area contributed by atoms with Crippen LogP contribution in [0.4, 0.5) is 0 Å². The van der Waals surface area contributed by atoms with Crippen LogP contribution in [0, 0.1) is 6.92 Å². The molecule has 2 aliphatic heterocycles. The Morgan fingerprint density at radius 2 is 1.96 bits per heavy atom. The molecule has 0 aliphatic carbocycles. The van der Waals surface area contributed by atoms with Crippen LogP contribution < -0.4 is 4.74 Å². The van der Waals surface area contributed by atoms with Gasteiger partial charge in [-0.1, -0.05) is 12.1 Å². The number of nitrogens with zero attached hydrogens (tertiary/aromatic N) is 2. The standard InChI is InChI=1S/C18H24N2O4/c1-14-4-2-5-15(12-14)24-13-17(21)19-7-9-20(10-8-19)18(22)16-6-3-11-23-16/h2,4-5,12,16H,3,6-11,13H2,1H3. The van der Waals surface area contributed by atoms with E-state index >= 15 is 0 Å². The third-order valence-electron chi connectivity index (χ3n) is 4.50. The molecule has 24 heavy (non-hydrogen) atoms. The van der Waals surface area contributed by atoms with Gasteiger partial charge in [0.05, 0.1) is 0 Å². The summed E-state index contributed by atoms with van der Waals surface area (Å²) in [4.78, 5) is 28.1. The minimum Gasteiger partial charge on any atom is -0.484 e. The molecule has 1 aromatic carbocycles. The predicted octanol–water partition coefficient (Wildman–Crippen LogP) is 1.22. The Morgan fingerprint density at radius 3 is 2.62 bits per heavy atom.